The maximum Gasteiger partial charge on any atom is 0.0611 e. The van der Waals surface area contributed by atoms with Gasteiger partial charge in [-0.2, -0.15) is 0 Å². The summed E-state index contributed by atoms with van der Waals surface area (Å²) in [6.07, 6.45) is 4.86. The minimum absolute atomic E-state index is 0.0847. The van der Waals surface area contributed by atoms with E-state index in [2.05, 4.69) is 24.1 Å². The van der Waals surface area contributed by atoms with Crippen molar-refractivity contribution >= 4 is 0 Å². The molecule has 90 valence electrons. The Balaban J connectivity index is 2.24. The average molecular weight is 214 g/mol. The number of hydrogen-bond donors (Lipinski definition) is 2. The van der Waals surface area contributed by atoms with Crippen molar-refractivity contribution in [3.05, 3.63) is 0 Å². The number of likely N-dealkylation sites (tertiary alicyclic amines) is 1. The van der Waals surface area contributed by atoms with Gasteiger partial charge >= 0.3 is 0 Å². The van der Waals surface area contributed by atoms with Crippen molar-refractivity contribution in [1.82, 2.24) is 10.2 Å². The minimum atomic E-state index is -0.0847. The Kier molecular flexibility index (Phi) is 5.58. The molecule has 1 aliphatic heterocycles. The highest BCUT2D eigenvalue weighted by Gasteiger charge is 2.23. The van der Waals surface area contributed by atoms with Crippen molar-refractivity contribution < 1.29 is 5.11 Å². The zero-order chi connectivity index (χ0) is 11.1. The number of nitrogens with zero attached hydrogens (tertiary/aromatic N) is 1. The Morgan fingerprint density at radius 2 is 2.00 bits per heavy atom. The molecule has 0 spiro atoms. The fraction of sp³-hybridized carbons (Fsp3) is 1.00. The van der Waals surface area contributed by atoms with E-state index in [-0.39, 0.29) is 12.1 Å². The van der Waals surface area contributed by atoms with Gasteiger partial charge in [-0.25, -0.2) is 0 Å². The van der Waals surface area contributed by atoms with E-state index >= 15 is 0 Å². The molecule has 0 aliphatic carbocycles. The molecule has 0 aromatic rings. The summed E-state index contributed by atoms with van der Waals surface area (Å²) in [5, 5.41) is 12.8. The molecule has 1 aliphatic rings. The van der Waals surface area contributed by atoms with Crippen LogP contribution in [0.15, 0.2) is 0 Å². The standard InChI is InChI=1S/C12H26N2O/c1-3-7-13-12(2,11-15)6-10-14-8-4-5-9-14/h13,15H,3-11H2,1-2H3. The van der Waals surface area contributed by atoms with E-state index in [0.717, 1.165) is 25.9 Å². The highest BCUT2D eigenvalue weighted by atomic mass is 16.3. The molecule has 1 atom stereocenters. The lowest BCUT2D eigenvalue weighted by Crippen LogP contribution is -2.48. The third-order valence-electron chi connectivity index (χ3n) is 3.33. The van der Waals surface area contributed by atoms with Gasteiger partial charge in [-0.1, -0.05) is 6.92 Å². The fourth-order valence-corrected chi connectivity index (χ4v) is 2.06. The van der Waals surface area contributed by atoms with E-state index in [1.807, 2.05) is 0 Å². The van der Waals surface area contributed by atoms with Gasteiger partial charge in [0, 0.05) is 5.54 Å². The molecule has 1 rings (SSSR count). The third-order valence-corrected chi connectivity index (χ3v) is 3.33. The third kappa shape index (κ3) is 4.49. The van der Waals surface area contributed by atoms with Gasteiger partial charge in [0.2, 0.25) is 0 Å². The van der Waals surface area contributed by atoms with E-state index in [4.69, 9.17) is 0 Å². The summed E-state index contributed by atoms with van der Waals surface area (Å²) >= 11 is 0. The lowest BCUT2D eigenvalue weighted by Gasteiger charge is -2.30. The van der Waals surface area contributed by atoms with Gasteiger partial charge in [-0.05, 0) is 58.8 Å². The highest BCUT2D eigenvalue weighted by molar-refractivity contribution is 4.84. The second kappa shape index (κ2) is 6.46. The van der Waals surface area contributed by atoms with Gasteiger partial charge < -0.3 is 15.3 Å². The van der Waals surface area contributed by atoms with Crippen molar-refractivity contribution in [2.45, 2.75) is 45.1 Å². The Morgan fingerprint density at radius 1 is 1.33 bits per heavy atom. The van der Waals surface area contributed by atoms with Crippen molar-refractivity contribution in [3.8, 4) is 0 Å². The molecule has 0 radical (unpaired) electrons. The topological polar surface area (TPSA) is 35.5 Å². The first kappa shape index (κ1) is 12.9. The number of hydrogen-bond acceptors (Lipinski definition) is 3. The Bertz CT molecular complexity index is 169. The van der Waals surface area contributed by atoms with Crippen LogP contribution in [0.1, 0.15) is 39.5 Å². The highest BCUT2D eigenvalue weighted by Crippen LogP contribution is 2.13. The molecule has 1 fully saturated rings. The lowest BCUT2D eigenvalue weighted by atomic mass is 9.98. The maximum absolute atomic E-state index is 9.40. The predicted molar refractivity (Wildman–Crippen MR) is 64.1 cm³/mol. The molecule has 3 heteroatoms. The van der Waals surface area contributed by atoms with Crippen molar-refractivity contribution in [2.75, 3.05) is 32.8 Å². The molecule has 0 amide bonds. The van der Waals surface area contributed by atoms with Crippen LogP contribution in [0.5, 0.6) is 0 Å². The average Bonchev–Trinajstić information content (AvgIpc) is 2.76. The van der Waals surface area contributed by atoms with Gasteiger partial charge in [0.05, 0.1) is 6.61 Å². The quantitative estimate of drug-likeness (QED) is 0.669. The summed E-state index contributed by atoms with van der Waals surface area (Å²) in [4.78, 5) is 2.50. The number of rotatable bonds is 7. The van der Waals surface area contributed by atoms with Crippen LogP contribution in [0, 0.1) is 0 Å². The molecule has 1 heterocycles. The summed E-state index contributed by atoms with van der Waals surface area (Å²) in [5.41, 5.74) is -0.0847. The van der Waals surface area contributed by atoms with Crippen LogP contribution in [0.2, 0.25) is 0 Å². The second-order valence-corrected chi connectivity index (χ2v) is 4.94. The fourth-order valence-electron chi connectivity index (χ4n) is 2.06. The lowest BCUT2D eigenvalue weighted by molar-refractivity contribution is 0.151. The number of aliphatic hydroxyl groups is 1. The maximum atomic E-state index is 9.40. The van der Waals surface area contributed by atoms with Gasteiger partial charge in [-0.3, -0.25) is 0 Å². The van der Waals surface area contributed by atoms with Crippen LogP contribution in [0.3, 0.4) is 0 Å². The first-order valence-corrected chi connectivity index (χ1v) is 6.28. The van der Waals surface area contributed by atoms with E-state index in [0.29, 0.717) is 0 Å². The molecule has 0 aromatic carbocycles. The summed E-state index contributed by atoms with van der Waals surface area (Å²) in [5.74, 6) is 0. The van der Waals surface area contributed by atoms with Gasteiger partial charge in [0.1, 0.15) is 0 Å². The second-order valence-electron chi connectivity index (χ2n) is 4.94. The van der Waals surface area contributed by atoms with E-state index in [1.54, 1.807) is 0 Å². The zero-order valence-corrected chi connectivity index (χ0v) is 10.3. The van der Waals surface area contributed by atoms with Crippen LogP contribution < -0.4 is 5.32 Å². The summed E-state index contributed by atoms with van der Waals surface area (Å²) in [7, 11) is 0. The normalized spacial score (nSPS) is 21.8. The first-order chi connectivity index (χ1) is 7.20. The SMILES string of the molecule is CCCNC(C)(CO)CCN1CCCC1. The molecule has 0 bridgehead atoms. The Morgan fingerprint density at radius 3 is 2.53 bits per heavy atom. The smallest absolute Gasteiger partial charge is 0.0611 e. The summed E-state index contributed by atoms with van der Waals surface area (Å²) < 4.78 is 0. The molecule has 15 heavy (non-hydrogen) atoms. The molecule has 0 saturated carbocycles. The van der Waals surface area contributed by atoms with E-state index in [9.17, 15) is 5.11 Å². The molecule has 0 aromatic heterocycles. The van der Waals surface area contributed by atoms with Crippen molar-refractivity contribution in [1.29, 1.82) is 0 Å². The Hall–Kier alpha value is -0.120. The monoisotopic (exact) mass is 214 g/mol. The molecule has 2 N–H and O–H groups in total. The summed E-state index contributed by atoms with van der Waals surface area (Å²) in [6, 6.07) is 0. The van der Waals surface area contributed by atoms with Crippen molar-refractivity contribution in [2.24, 2.45) is 0 Å². The van der Waals surface area contributed by atoms with Crippen LogP contribution in [-0.2, 0) is 0 Å². The van der Waals surface area contributed by atoms with Crippen LogP contribution in [0.4, 0.5) is 0 Å². The summed E-state index contributed by atoms with van der Waals surface area (Å²) in [6.45, 7) is 9.13. The first-order valence-electron chi connectivity index (χ1n) is 6.28. The molecular weight excluding hydrogens is 188 g/mol. The van der Waals surface area contributed by atoms with E-state index in [1.165, 1.54) is 25.9 Å². The Labute approximate surface area is 93.9 Å². The minimum Gasteiger partial charge on any atom is -0.394 e. The molecular formula is C12H26N2O. The van der Waals surface area contributed by atoms with Crippen LogP contribution in [0.25, 0.3) is 0 Å². The van der Waals surface area contributed by atoms with E-state index < -0.39 is 0 Å². The number of aliphatic hydroxyl groups excluding tert-OH is 1. The molecule has 3 nitrogen and oxygen atoms in total. The van der Waals surface area contributed by atoms with Crippen molar-refractivity contribution in [3.63, 3.8) is 0 Å². The van der Waals surface area contributed by atoms with Gasteiger partial charge in [-0.15, -0.1) is 0 Å². The zero-order valence-electron chi connectivity index (χ0n) is 10.3. The van der Waals surface area contributed by atoms with Gasteiger partial charge in [0.15, 0.2) is 0 Å². The van der Waals surface area contributed by atoms with Crippen LogP contribution in [-0.4, -0.2) is 48.3 Å². The largest absolute Gasteiger partial charge is 0.394 e. The van der Waals surface area contributed by atoms with Crippen LogP contribution >= 0.6 is 0 Å². The van der Waals surface area contributed by atoms with Gasteiger partial charge in [0.25, 0.3) is 0 Å². The predicted octanol–water partition coefficient (Wildman–Crippen LogP) is 1.22. The molecule has 1 unspecified atom stereocenters. The molecule has 1 saturated heterocycles. The number of nitrogens with one attached hydrogen (secondary N) is 1.